The van der Waals surface area contributed by atoms with Gasteiger partial charge in [-0.2, -0.15) is 0 Å². The van der Waals surface area contributed by atoms with Crippen molar-refractivity contribution in [1.82, 2.24) is 4.98 Å². The molecule has 0 aliphatic carbocycles. The number of hydrogen-bond donors (Lipinski definition) is 2. The van der Waals surface area contributed by atoms with Gasteiger partial charge in [-0.15, -0.1) is 0 Å². The highest BCUT2D eigenvalue weighted by atomic mass is 16.5. The van der Waals surface area contributed by atoms with E-state index in [0.717, 1.165) is 11.1 Å². The van der Waals surface area contributed by atoms with Gasteiger partial charge in [-0.1, -0.05) is 6.07 Å². The monoisotopic (exact) mass is 218 g/mol. The SMILES string of the molecule is COc1ccc2cc(CCN)[nH]c(=O)c2c1. The lowest BCUT2D eigenvalue weighted by molar-refractivity contribution is 0.415. The molecule has 0 aliphatic heterocycles. The zero-order valence-electron chi connectivity index (χ0n) is 9.12. The molecule has 2 rings (SSSR count). The van der Waals surface area contributed by atoms with Gasteiger partial charge in [0.2, 0.25) is 0 Å². The lowest BCUT2D eigenvalue weighted by Gasteiger charge is -2.04. The molecule has 3 N–H and O–H groups in total. The van der Waals surface area contributed by atoms with Crippen molar-refractivity contribution in [2.24, 2.45) is 5.73 Å². The van der Waals surface area contributed by atoms with Crippen LogP contribution in [-0.4, -0.2) is 18.6 Å². The van der Waals surface area contributed by atoms with Crippen LogP contribution in [-0.2, 0) is 6.42 Å². The van der Waals surface area contributed by atoms with Crippen molar-refractivity contribution < 1.29 is 4.74 Å². The molecule has 16 heavy (non-hydrogen) atoms. The number of hydrogen-bond acceptors (Lipinski definition) is 3. The normalized spacial score (nSPS) is 10.6. The fraction of sp³-hybridized carbons (Fsp3) is 0.250. The Bertz CT molecular complexity index is 560. The quantitative estimate of drug-likeness (QED) is 0.808. The number of rotatable bonds is 3. The van der Waals surface area contributed by atoms with Crippen LogP contribution in [0.15, 0.2) is 29.1 Å². The molecule has 1 heterocycles. The molecule has 1 aromatic heterocycles. The maximum Gasteiger partial charge on any atom is 0.256 e. The minimum atomic E-state index is -0.0974. The molecule has 84 valence electrons. The average Bonchev–Trinajstić information content (AvgIpc) is 2.29. The Morgan fingerprint density at radius 2 is 2.19 bits per heavy atom. The Morgan fingerprint density at radius 3 is 2.88 bits per heavy atom. The second kappa shape index (κ2) is 4.37. The third-order valence-electron chi connectivity index (χ3n) is 2.52. The van der Waals surface area contributed by atoms with Crippen LogP contribution < -0.4 is 16.0 Å². The minimum Gasteiger partial charge on any atom is -0.497 e. The molecule has 1 aromatic carbocycles. The summed E-state index contributed by atoms with van der Waals surface area (Å²) in [6, 6.07) is 7.40. The van der Waals surface area contributed by atoms with Crippen molar-refractivity contribution in [3.05, 3.63) is 40.3 Å². The molecular formula is C12H14N2O2. The molecule has 0 bridgehead atoms. The fourth-order valence-corrected chi connectivity index (χ4v) is 1.71. The van der Waals surface area contributed by atoms with E-state index in [1.54, 1.807) is 13.2 Å². The Hall–Kier alpha value is -1.81. The molecule has 4 heteroatoms. The fourth-order valence-electron chi connectivity index (χ4n) is 1.71. The number of pyridine rings is 1. The van der Waals surface area contributed by atoms with E-state index in [2.05, 4.69) is 4.98 Å². The van der Waals surface area contributed by atoms with Crippen LogP contribution >= 0.6 is 0 Å². The lowest BCUT2D eigenvalue weighted by atomic mass is 10.1. The summed E-state index contributed by atoms with van der Waals surface area (Å²) in [6.45, 7) is 0.525. The third kappa shape index (κ3) is 1.92. The van der Waals surface area contributed by atoms with Gasteiger partial charge in [-0.05, 0) is 36.6 Å². The summed E-state index contributed by atoms with van der Waals surface area (Å²) >= 11 is 0. The number of fused-ring (bicyclic) bond motifs is 1. The van der Waals surface area contributed by atoms with Crippen LogP contribution in [0, 0.1) is 0 Å². The largest absolute Gasteiger partial charge is 0.497 e. The van der Waals surface area contributed by atoms with Crippen molar-refractivity contribution in [2.75, 3.05) is 13.7 Å². The van der Waals surface area contributed by atoms with Crippen LogP contribution in [0.2, 0.25) is 0 Å². The second-order valence-electron chi connectivity index (χ2n) is 3.62. The summed E-state index contributed by atoms with van der Waals surface area (Å²) < 4.78 is 5.08. The van der Waals surface area contributed by atoms with E-state index in [-0.39, 0.29) is 5.56 Å². The highest BCUT2D eigenvalue weighted by Crippen LogP contribution is 2.18. The first kappa shape index (κ1) is 10.7. The van der Waals surface area contributed by atoms with Gasteiger partial charge in [0.05, 0.1) is 12.5 Å². The molecule has 0 saturated heterocycles. The molecule has 0 atom stereocenters. The van der Waals surface area contributed by atoms with Gasteiger partial charge in [-0.3, -0.25) is 4.79 Å². The van der Waals surface area contributed by atoms with Crippen LogP contribution in [0.5, 0.6) is 5.75 Å². The predicted molar refractivity (Wildman–Crippen MR) is 63.9 cm³/mol. The van der Waals surface area contributed by atoms with Crippen molar-refractivity contribution in [3.63, 3.8) is 0 Å². The maximum atomic E-state index is 11.8. The summed E-state index contributed by atoms with van der Waals surface area (Å²) in [5.41, 5.74) is 6.23. The predicted octanol–water partition coefficient (Wildman–Crippen LogP) is 1.04. The average molecular weight is 218 g/mol. The summed E-state index contributed by atoms with van der Waals surface area (Å²) in [5, 5.41) is 1.55. The van der Waals surface area contributed by atoms with Gasteiger partial charge < -0.3 is 15.5 Å². The van der Waals surface area contributed by atoms with E-state index in [1.807, 2.05) is 18.2 Å². The molecular weight excluding hydrogens is 204 g/mol. The molecule has 2 aromatic rings. The summed E-state index contributed by atoms with van der Waals surface area (Å²) in [5.74, 6) is 0.685. The number of nitrogens with one attached hydrogen (secondary N) is 1. The van der Waals surface area contributed by atoms with Gasteiger partial charge >= 0.3 is 0 Å². The Kier molecular flexibility index (Phi) is 2.92. The lowest BCUT2D eigenvalue weighted by Crippen LogP contribution is -2.12. The molecule has 0 spiro atoms. The minimum absolute atomic E-state index is 0.0974. The Morgan fingerprint density at radius 1 is 1.38 bits per heavy atom. The number of aromatic amines is 1. The van der Waals surface area contributed by atoms with Crippen molar-refractivity contribution >= 4 is 10.8 Å². The number of methoxy groups -OCH3 is 1. The van der Waals surface area contributed by atoms with E-state index >= 15 is 0 Å². The molecule has 0 unspecified atom stereocenters. The summed E-state index contributed by atoms with van der Waals surface area (Å²) in [6.07, 6.45) is 0.678. The topological polar surface area (TPSA) is 68.1 Å². The Labute approximate surface area is 93.0 Å². The first-order valence-electron chi connectivity index (χ1n) is 5.14. The van der Waals surface area contributed by atoms with E-state index < -0.39 is 0 Å². The second-order valence-corrected chi connectivity index (χ2v) is 3.62. The molecule has 4 nitrogen and oxygen atoms in total. The van der Waals surface area contributed by atoms with Crippen molar-refractivity contribution in [2.45, 2.75) is 6.42 Å². The molecule has 0 saturated carbocycles. The van der Waals surface area contributed by atoms with E-state index in [9.17, 15) is 4.79 Å². The first-order chi connectivity index (χ1) is 7.74. The number of benzene rings is 1. The number of H-pyrrole nitrogens is 1. The van der Waals surface area contributed by atoms with Crippen molar-refractivity contribution in [1.29, 1.82) is 0 Å². The molecule has 0 radical (unpaired) electrons. The smallest absolute Gasteiger partial charge is 0.256 e. The molecule has 0 amide bonds. The standard InChI is InChI=1S/C12H14N2O2/c1-16-10-3-2-8-6-9(4-5-13)14-12(15)11(8)7-10/h2-3,6-7H,4-5,13H2,1H3,(H,14,15). The Balaban J connectivity index is 2.62. The van der Waals surface area contributed by atoms with E-state index in [0.29, 0.717) is 24.1 Å². The van der Waals surface area contributed by atoms with Gasteiger partial charge in [0.15, 0.2) is 0 Å². The van der Waals surface area contributed by atoms with Crippen LogP contribution in [0.25, 0.3) is 10.8 Å². The first-order valence-corrected chi connectivity index (χ1v) is 5.14. The van der Waals surface area contributed by atoms with Crippen LogP contribution in [0.3, 0.4) is 0 Å². The van der Waals surface area contributed by atoms with Crippen molar-refractivity contribution in [3.8, 4) is 5.75 Å². The zero-order valence-corrected chi connectivity index (χ0v) is 9.12. The summed E-state index contributed by atoms with van der Waals surface area (Å²) in [7, 11) is 1.58. The van der Waals surface area contributed by atoms with Gasteiger partial charge in [-0.25, -0.2) is 0 Å². The van der Waals surface area contributed by atoms with Crippen LogP contribution in [0.1, 0.15) is 5.69 Å². The van der Waals surface area contributed by atoms with E-state index in [4.69, 9.17) is 10.5 Å². The summed E-state index contributed by atoms with van der Waals surface area (Å²) in [4.78, 5) is 14.6. The number of aromatic nitrogens is 1. The van der Waals surface area contributed by atoms with Gasteiger partial charge in [0.25, 0.3) is 5.56 Å². The maximum absolute atomic E-state index is 11.8. The van der Waals surface area contributed by atoms with Crippen LogP contribution in [0.4, 0.5) is 0 Å². The third-order valence-corrected chi connectivity index (χ3v) is 2.52. The molecule has 0 fully saturated rings. The molecule has 0 aliphatic rings. The van der Waals surface area contributed by atoms with Gasteiger partial charge in [0, 0.05) is 5.69 Å². The highest BCUT2D eigenvalue weighted by molar-refractivity contribution is 5.83. The van der Waals surface area contributed by atoms with E-state index in [1.165, 1.54) is 0 Å². The zero-order chi connectivity index (χ0) is 11.5. The number of nitrogens with two attached hydrogens (primary N) is 1. The highest BCUT2D eigenvalue weighted by Gasteiger charge is 2.03. The van der Waals surface area contributed by atoms with Gasteiger partial charge in [0.1, 0.15) is 5.75 Å². The number of ether oxygens (including phenoxy) is 1.